The van der Waals surface area contributed by atoms with Crippen LogP contribution in [0.5, 0.6) is 0 Å². The van der Waals surface area contributed by atoms with Crippen LogP contribution in [0.2, 0.25) is 0 Å². The van der Waals surface area contributed by atoms with E-state index in [1.165, 1.54) is 6.42 Å². The second-order valence-corrected chi connectivity index (χ2v) is 3.02. The van der Waals surface area contributed by atoms with Crippen LogP contribution < -0.4 is 5.32 Å². The normalized spacial score (nSPS) is 10.0. The molecular formula is C8H19NO. The number of nitrogens with one attached hydrogen (secondary N) is 1. The predicted molar refractivity (Wildman–Crippen MR) is 44.9 cm³/mol. The number of hydrogen-bond acceptors (Lipinski definition) is 1. The molecule has 0 heterocycles. The van der Waals surface area contributed by atoms with Crippen molar-refractivity contribution in [2.24, 2.45) is 5.92 Å². The first kappa shape index (κ1) is 9.47. The summed E-state index contributed by atoms with van der Waals surface area (Å²) in [7, 11) is 0. The third-order valence-corrected chi connectivity index (χ3v) is 1.33. The van der Waals surface area contributed by atoms with Crippen molar-refractivity contribution in [1.29, 1.82) is 0 Å². The van der Waals surface area contributed by atoms with Gasteiger partial charge < -0.3 is 5.32 Å². The van der Waals surface area contributed by atoms with Gasteiger partial charge >= 0.3 is 0 Å². The Morgan fingerprint density at radius 1 is 1.60 bits per heavy atom. The molecule has 0 rings (SSSR count). The fraction of sp³-hybridized carbons (Fsp3) is 0.875. The average Bonchev–Trinajstić information content (AvgIpc) is 1.79. The Hall–Kier alpha value is -0.530. The molecule has 0 aromatic carbocycles. The standard InChI is InChI=1S/C8H17NO.H2/c1-7(2)5-4-6-9-8(3)10;/h7H,4-6H2,1-3H3,(H,9,10);1H. The summed E-state index contributed by atoms with van der Waals surface area (Å²) < 4.78 is 0. The van der Waals surface area contributed by atoms with Crippen LogP contribution in [0.25, 0.3) is 0 Å². The number of carbonyl (C=O) groups is 1. The van der Waals surface area contributed by atoms with Gasteiger partial charge in [0.2, 0.25) is 5.91 Å². The van der Waals surface area contributed by atoms with Crippen LogP contribution in [-0.4, -0.2) is 12.5 Å². The van der Waals surface area contributed by atoms with Gasteiger partial charge in [-0.1, -0.05) is 13.8 Å². The smallest absolute Gasteiger partial charge is 0.216 e. The molecular weight excluding hydrogens is 126 g/mol. The molecule has 2 heteroatoms. The summed E-state index contributed by atoms with van der Waals surface area (Å²) in [6, 6.07) is 0. The van der Waals surface area contributed by atoms with Crippen molar-refractivity contribution in [3.63, 3.8) is 0 Å². The lowest BCUT2D eigenvalue weighted by atomic mass is 10.1. The maximum atomic E-state index is 10.4. The van der Waals surface area contributed by atoms with Crippen molar-refractivity contribution in [2.75, 3.05) is 6.54 Å². The zero-order valence-corrected chi connectivity index (χ0v) is 7.11. The van der Waals surface area contributed by atoms with Gasteiger partial charge in [0.05, 0.1) is 0 Å². The summed E-state index contributed by atoms with van der Waals surface area (Å²) in [5.74, 6) is 0.817. The quantitative estimate of drug-likeness (QED) is 0.600. The van der Waals surface area contributed by atoms with E-state index in [-0.39, 0.29) is 7.33 Å². The van der Waals surface area contributed by atoms with E-state index in [2.05, 4.69) is 19.2 Å². The van der Waals surface area contributed by atoms with Crippen LogP contribution in [0.1, 0.15) is 35.0 Å². The van der Waals surface area contributed by atoms with Crippen LogP contribution in [0, 0.1) is 5.92 Å². The SMILES string of the molecule is CC(=O)NCCCC(C)C.[HH]. The van der Waals surface area contributed by atoms with Gasteiger partial charge in [-0.05, 0) is 18.8 Å². The highest BCUT2D eigenvalue weighted by molar-refractivity contribution is 5.72. The molecule has 0 spiro atoms. The lowest BCUT2D eigenvalue weighted by molar-refractivity contribution is -0.118. The zero-order valence-electron chi connectivity index (χ0n) is 7.11. The fourth-order valence-electron chi connectivity index (χ4n) is 0.775. The second-order valence-electron chi connectivity index (χ2n) is 3.02. The molecule has 10 heavy (non-hydrogen) atoms. The molecule has 0 saturated carbocycles. The lowest BCUT2D eigenvalue weighted by Crippen LogP contribution is -2.21. The first-order valence-corrected chi connectivity index (χ1v) is 3.87. The van der Waals surface area contributed by atoms with Gasteiger partial charge in [0, 0.05) is 14.9 Å². The molecule has 0 aromatic rings. The summed E-state index contributed by atoms with van der Waals surface area (Å²) in [6.07, 6.45) is 2.29. The monoisotopic (exact) mass is 145 g/mol. The molecule has 0 aromatic heterocycles. The molecule has 0 aliphatic heterocycles. The van der Waals surface area contributed by atoms with E-state index < -0.39 is 0 Å². The van der Waals surface area contributed by atoms with Gasteiger partial charge in [-0.3, -0.25) is 4.79 Å². The van der Waals surface area contributed by atoms with Crippen LogP contribution >= 0.6 is 0 Å². The van der Waals surface area contributed by atoms with E-state index >= 15 is 0 Å². The van der Waals surface area contributed by atoms with E-state index in [0.717, 1.165) is 18.9 Å². The molecule has 62 valence electrons. The molecule has 0 unspecified atom stereocenters. The summed E-state index contributed by atoms with van der Waals surface area (Å²) >= 11 is 0. The highest BCUT2D eigenvalue weighted by Crippen LogP contribution is 2.01. The molecule has 0 aliphatic rings. The minimum Gasteiger partial charge on any atom is -0.356 e. The molecule has 1 N–H and O–H groups in total. The van der Waals surface area contributed by atoms with E-state index in [0.29, 0.717) is 0 Å². The molecule has 0 fully saturated rings. The molecule has 0 aliphatic carbocycles. The van der Waals surface area contributed by atoms with Gasteiger partial charge in [-0.2, -0.15) is 0 Å². The van der Waals surface area contributed by atoms with Gasteiger partial charge in [0.15, 0.2) is 0 Å². The van der Waals surface area contributed by atoms with Crippen LogP contribution in [-0.2, 0) is 4.79 Å². The minimum atomic E-state index is 0. The highest BCUT2D eigenvalue weighted by atomic mass is 16.1. The summed E-state index contributed by atoms with van der Waals surface area (Å²) in [5.41, 5.74) is 0. The lowest BCUT2D eigenvalue weighted by Gasteiger charge is -2.03. The van der Waals surface area contributed by atoms with Crippen molar-refractivity contribution in [3.8, 4) is 0 Å². The van der Waals surface area contributed by atoms with Gasteiger partial charge in [-0.15, -0.1) is 0 Å². The molecule has 2 nitrogen and oxygen atoms in total. The summed E-state index contributed by atoms with van der Waals surface area (Å²) in [4.78, 5) is 10.4. The van der Waals surface area contributed by atoms with E-state index in [1.54, 1.807) is 6.92 Å². The molecule has 1 amide bonds. The maximum absolute atomic E-state index is 10.4. The molecule has 0 bridgehead atoms. The number of amides is 1. The summed E-state index contributed by atoms with van der Waals surface area (Å²) in [6.45, 7) is 6.75. The zero-order chi connectivity index (χ0) is 7.98. The number of carbonyl (C=O) groups excluding carboxylic acids is 1. The molecule has 0 atom stereocenters. The summed E-state index contributed by atoms with van der Waals surface area (Å²) in [5, 5.41) is 2.76. The fourth-order valence-corrected chi connectivity index (χ4v) is 0.775. The van der Waals surface area contributed by atoms with Crippen molar-refractivity contribution < 1.29 is 6.22 Å². The van der Waals surface area contributed by atoms with Crippen LogP contribution in [0.4, 0.5) is 0 Å². The number of rotatable bonds is 4. The first-order valence-electron chi connectivity index (χ1n) is 3.87. The Kier molecular flexibility index (Phi) is 4.99. The van der Waals surface area contributed by atoms with Crippen LogP contribution in [0.3, 0.4) is 0 Å². The Balaban J connectivity index is 0. The van der Waals surface area contributed by atoms with Crippen molar-refractivity contribution >= 4 is 5.91 Å². The topological polar surface area (TPSA) is 29.1 Å². The second kappa shape index (κ2) is 5.27. The first-order chi connectivity index (χ1) is 4.63. The van der Waals surface area contributed by atoms with Crippen molar-refractivity contribution in [1.82, 2.24) is 5.32 Å². The largest absolute Gasteiger partial charge is 0.356 e. The average molecular weight is 145 g/mol. The third-order valence-electron chi connectivity index (χ3n) is 1.33. The molecule has 0 saturated heterocycles. The molecule has 0 radical (unpaired) electrons. The van der Waals surface area contributed by atoms with Crippen molar-refractivity contribution in [3.05, 3.63) is 0 Å². The third kappa shape index (κ3) is 7.47. The Morgan fingerprint density at radius 2 is 2.20 bits per heavy atom. The highest BCUT2D eigenvalue weighted by Gasteiger charge is 1.93. The number of hydrogen-bond donors (Lipinski definition) is 1. The van der Waals surface area contributed by atoms with Gasteiger partial charge in [-0.25, -0.2) is 0 Å². The van der Waals surface area contributed by atoms with E-state index in [1.807, 2.05) is 0 Å². The predicted octanol–water partition coefficient (Wildman–Crippen LogP) is 1.80. The van der Waals surface area contributed by atoms with Gasteiger partial charge in [0.25, 0.3) is 0 Å². The Morgan fingerprint density at radius 3 is 2.60 bits per heavy atom. The van der Waals surface area contributed by atoms with Crippen LogP contribution in [0.15, 0.2) is 0 Å². The van der Waals surface area contributed by atoms with E-state index in [4.69, 9.17) is 0 Å². The Labute approximate surface area is 64.5 Å². The van der Waals surface area contributed by atoms with E-state index in [9.17, 15) is 4.79 Å². The Bertz CT molecular complexity index is 104. The maximum Gasteiger partial charge on any atom is 0.216 e. The van der Waals surface area contributed by atoms with Gasteiger partial charge in [0.1, 0.15) is 0 Å². The minimum absolute atomic E-state index is 0. The van der Waals surface area contributed by atoms with Crippen molar-refractivity contribution in [2.45, 2.75) is 33.6 Å².